The molecule has 0 aliphatic carbocycles. The van der Waals surface area contributed by atoms with Crippen LogP contribution >= 0.6 is 11.3 Å². The summed E-state index contributed by atoms with van der Waals surface area (Å²) in [5.74, 6) is 0.950. The largest absolute Gasteiger partial charge is 0.327 e. The summed E-state index contributed by atoms with van der Waals surface area (Å²) in [5, 5.41) is 7.65. The van der Waals surface area contributed by atoms with E-state index in [4.69, 9.17) is 5.10 Å². The molecule has 0 spiro atoms. The van der Waals surface area contributed by atoms with Gasteiger partial charge in [0.2, 0.25) is 0 Å². The highest BCUT2D eigenvalue weighted by atomic mass is 32.1. The van der Waals surface area contributed by atoms with Crippen LogP contribution in [0.2, 0.25) is 0 Å². The fourth-order valence-corrected chi connectivity index (χ4v) is 4.51. The fraction of sp³-hybridized carbons (Fsp3) is 0.227. The molecule has 1 aliphatic heterocycles. The van der Waals surface area contributed by atoms with Gasteiger partial charge < -0.3 is 9.47 Å². The van der Waals surface area contributed by atoms with Crippen molar-refractivity contribution < 1.29 is 4.79 Å². The average molecular weight is 404 g/mol. The minimum Gasteiger partial charge on any atom is -0.327 e. The van der Waals surface area contributed by atoms with Crippen molar-refractivity contribution in [3.8, 4) is 11.5 Å². The lowest BCUT2D eigenvalue weighted by molar-refractivity contribution is 0.0744. The van der Waals surface area contributed by atoms with Crippen LogP contribution in [0.1, 0.15) is 37.9 Å². The normalized spacial score (nSPS) is 13.1. The Kier molecular flexibility index (Phi) is 4.13. The standard InChI is InChI=1S/C22H21N5OS/c1-14-6-7-20(15(2)10-14)27-21(25-8-4-5-9-25)17-11-26(12-18(17)24-27)22(28)19-13-29-16(3)23-19/h4-10,13H,11-12H2,1-3H3. The predicted molar refractivity (Wildman–Crippen MR) is 113 cm³/mol. The van der Waals surface area contributed by atoms with Crippen LogP contribution < -0.4 is 0 Å². The number of fused-ring (bicyclic) bond motifs is 1. The maximum absolute atomic E-state index is 12.9. The summed E-state index contributed by atoms with van der Waals surface area (Å²) < 4.78 is 4.08. The van der Waals surface area contributed by atoms with Crippen LogP contribution in [0.25, 0.3) is 11.5 Å². The minimum atomic E-state index is -0.0381. The Morgan fingerprint density at radius 1 is 1.10 bits per heavy atom. The van der Waals surface area contributed by atoms with E-state index in [1.807, 2.05) is 46.4 Å². The molecule has 29 heavy (non-hydrogen) atoms. The van der Waals surface area contributed by atoms with Gasteiger partial charge in [-0.2, -0.15) is 5.10 Å². The third-order valence-corrected chi connectivity index (χ3v) is 6.06. The molecule has 6 nitrogen and oxygen atoms in total. The molecule has 4 heterocycles. The lowest BCUT2D eigenvalue weighted by Gasteiger charge is -2.17. The van der Waals surface area contributed by atoms with Gasteiger partial charge >= 0.3 is 0 Å². The van der Waals surface area contributed by atoms with E-state index in [0.717, 1.165) is 27.8 Å². The van der Waals surface area contributed by atoms with Gasteiger partial charge in [0.05, 0.1) is 29.5 Å². The molecule has 0 radical (unpaired) electrons. The molecule has 0 atom stereocenters. The van der Waals surface area contributed by atoms with Crippen molar-refractivity contribution in [3.63, 3.8) is 0 Å². The van der Waals surface area contributed by atoms with Gasteiger partial charge in [-0.15, -0.1) is 11.3 Å². The number of hydrogen-bond donors (Lipinski definition) is 0. The van der Waals surface area contributed by atoms with Gasteiger partial charge in [-0.3, -0.25) is 4.79 Å². The van der Waals surface area contributed by atoms with Gasteiger partial charge in [-0.05, 0) is 44.5 Å². The van der Waals surface area contributed by atoms with Crippen molar-refractivity contribution in [1.82, 2.24) is 24.2 Å². The van der Waals surface area contributed by atoms with Crippen molar-refractivity contribution in [3.05, 3.63) is 81.2 Å². The predicted octanol–water partition coefficient (Wildman–Crippen LogP) is 4.20. The first-order valence-corrected chi connectivity index (χ1v) is 10.4. The Bertz CT molecular complexity index is 1220. The zero-order chi connectivity index (χ0) is 20.1. The molecule has 7 heteroatoms. The Balaban J connectivity index is 1.58. The second-order valence-electron chi connectivity index (χ2n) is 7.45. The molecule has 0 saturated heterocycles. The third-order valence-electron chi connectivity index (χ3n) is 5.28. The van der Waals surface area contributed by atoms with Crippen LogP contribution in [0.5, 0.6) is 0 Å². The number of hydrogen-bond acceptors (Lipinski definition) is 4. The van der Waals surface area contributed by atoms with Crippen molar-refractivity contribution in [2.24, 2.45) is 0 Å². The van der Waals surface area contributed by atoms with Crippen LogP contribution in [0.4, 0.5) is 0 Å². The molecule has 1 amide bonds. The Hall–Kier alpha value is -3.19. The highest BCUT2D eigenvalue weighted by molar-refractivity contribution is 7.09. The fourth-order valence-electron chi connectivity index (χ4n) is 3.92. The van der Waals surface area contributed by atoms with Gasteiger partial charge in [0.1, 0.15) is 11.5 Å². The molecule has 3 aromatic heterocycles. The summed E-state index contributed by atoms with van der Waals surface area (Å²) in [6.07, 6.45) is 4.04. The van der Waals surface area contributed by atoms with Crippen molar-refractivity contribution in [1.29, 1.82) is 0 Å². The maximum atomic E-state index is 12.9. The second-order valence-corrected chi connectivity index (χ2v) is 8.52. The Labute approximate surface area is 173 Å². The van der Waals surface area contributed by atoms with E-state index in [-0.39, 0.29) is 5.91 Å². The molecule has 0 fully saturated rings. The van der Waals surface area contributed by atoms with Gasteiger partial charge in [0.25, 0.3) is 5.91 Å². The number of aryl methyl sites for hydroxylation is 3. The van der Waals surface area contributed by atoms with E-state index in [0.29, 0.717) is 18.8 Å². The number of carbonyl (C=O) groups excluding carboxylic acids is 1. The molecule has 0 N–H and O–H groups in total. The lowest BCUT2D eigenvalue weighted by Crippen LogP contribution is -2.26. The van der Waals surface area contributed by atoms with E-state index in [1.165, 1.54) is 22.5 Å². The monoisotopic (exact) mass is 403 g/mol. The molecule has 0 bridgehead atoms. The van der Waals surface area contributed by atoms with Crippen molar-refractivity contribution in [2.75, 3.05) is 0 Å². The molecule has 1 aliphatic rings. The van der Waals surface area contributed by atoms with Gasteiger partial charge in [-0.25, -0.2) is 9.67 Å². The number of rotatable bonds is 3. The lowest BCUT2D eigenvalue weighted by atomic mass is 10.1. The molecule has 0 unspecified atom stereocenters. The third kappa shape index (κ3) is 2.98. The summed E-state index contributed by atoms with van der Waals surface area (Å²) in [7, 11) is 0. The second kappa shape index (κ2) is 6.70. The van der Waals surface area contributed by atoms with Gasteiger partial charge in [0, 0.05) is 23.3 Å². The van der Waals surface area contributed by atoms with Crippen LogP contribution in [0.3, 0.4) is 0 Å². The van der Waals surface area contributed by atoms with Crippen LogP contribution in [0, 0.1) is 20.8 Å². The van der Waals surface area contributed by atoms with Crippen LogP contribution in [-0.4, -0.2) is 30.1 Å². The summed E-state index contributed by atoms with van der Waals surface area (Å²) >= 11 is 1.50. The number of aromatic nitrogens is 4. The topological polar surface area (TPSA) is 56.0 Å². The Morgan fingerprint density at radius 2 is 1.90 bits per heavy atom. The minimum absolute atomic E-state index is 0.0381. The molecule has 0 saturated carbocycles. The number of thiazole rings is 1. The highest BCUT2D eigenvalue weighted by Crippen LogP contribution is 2.32. The zero-order valence-corrected chi connectivity index (χ0v) is 17.4. The van der Waals surface area contributed by atoms with Gasteiger partial charge in [-0.1, -0.05) is 17.7 Å². The zero-order valence-electron chi connectivity index (χ0n) is 16.6. The number of benzene rings is 1. The van der Waals surface area contributed by atoms with Crippen LogP contribution in [0.15, 0.2) is 48.1 Å². The molecule has 146 valence electrons. The van der Waals surface area contributed by atoms with Crippen molar-refractivity contribution >= 4 is 17.2 Å². The molecule has 4 aromatic rings. The maximum Gasteiger partial charge on any atom is 0.273 e. The highest BCUT2D eigenvalue weighted by Gasteiger charge is 2.32. The first-order chi connectivity index (χ1) is 14.0. The summed E-state index contributed by atoms with van der Waals surface area (Å²) in [5.41, 5.74) is 5.99. The van der Waals surface area contributed by atoms with E-state index < -0.39 is 0 Å². The molecular weight excluding hydrogens is 382 g/mol. The molecular formula is C22H21N5OS. The van der Waals surface area contributed by atoms with E-state index >= 15 is 0 Å². The SMILES string of the molecule is Cc1ccc(-n2nc3c(c2-n2cccc2)CN(C(=O)c2csc(C)n2)C3)c(C)c1. The van der Waals surface area contributed by atoms with Gasteiger partial charge in [0.15, 0.2) is 0 Å². The summed E-state index contributed by atoms with van der Waals surface area (Å²) in [6.45, 7) is 7.14. The van der Waals surface area contributed by atoms with E-state index in [1.54, 1.807) is 0 Å². The molecule has 5 rings (SSSR count). The number of carbonyl (C=O) groups is 1. The van der Waals surface area contributed by atoms with Crippen molar-refractivity contribution in [2.45, 2.75) is 33.9 Å². The summed E-state index contributed by atoms with van der Waals surface area (Å²) in [6, 6.07) is 10.4. The number of amides is 1. The number of nitrogens with zero attached hydrogens (tertiary/aromatic N) is 5. The molecule has 1 aromatic carbocycles. The first kappa shape index (κ1) is 17.9. The Morgan fingerprint density at radius 3 is 2.59 bits per heavy atom. The average Bonchev–Trinajstić information content (AvgIpc) is 3.44. The smallest absolute Gasteiger partial charge is 0.273 e. The van der Waals surface area contributed by atoms with E-state index in [9.17, 15) is 4.79 Å². The first-order valence-electron chi connectivity index (χ1n) is 9.54. The summed E-state index contributed by atoms with van der Waals surface area (Å²) in [4.78, 5) is 19.1. The quantitative estimate of drug-likeness (QED) is 0.515. The van der Waals surface area contributed by atoms with E-state index in [2.05, 4.69) is 41.6 Å². The van der Waals surface area contributed by atoms with Crippen LogP contribution in [-0.2, 0) is 13.1 Å².